The molecule has 0 amide bonds. The lowest BCUT2D eigenvalue weighted by Crippen LogP contribution is -2.18. The fourth-order valence-corrected chi connectivity index (χ4v) is 1.99. The van der Waals surface area contributed by atoms with Crippen LogP contribution in [0, 0.1) is 6.92 Å². The minimum atomic E-state index is 0.643. The smallest absolute Gasteiger partial charge is 0.0567 e. The van der Waals surface area contributed by atoms with Gasteiger partial charge in [-0.2, -0.15) is 0 Å². The Balaban J connectivity index is 2.10. The van der Waals surface area contributed by atoms with Crippen LogP contribution in [0.25, 0.3) is 0 Å². The number of rotatable bonds is 3. The molecule has 2 heteroatoms. The first-order chi connectivity index (χ1) is 5.43. The van der Waals surface area contributed by atoms with Crippen LogP contribution < -0.4 is 5.32 Å². The van der Waals surface area contributed by atoms with Gasteiger partial charge in [0.25, 0.3) is 0 Å². The summed E-state index contributed by atoms with van der Waals surface area (Å²) in [6.45, 7) is 4.76. The van der Waals surface area contributed by atoms with E-state index in [4.69, 9.17) is 0 Å². The van der Waals surface area contributed by atoms with Gasteiger partial charge in [-0.3, -0.25) is 0 Å². The summed E-state index contributed by atoms with van der Waals surface area (Å²) in [6.07, 6.45) is 9.10. The van der Waals surface area contributed by atoms with Crippen molar-refractivity contribution in [3.05, 3.63) is 31.2 Å². The van der Waals surface area contributed by atoms with Crippen LogP contribution in [0.1, 0.15) is 6.42 Å². The van der Waals surface area contributed by atoms with E-state index < -0.39 is 0 Å². The molecule has 1 atom stereocenters. The molecule has 1 fully saturated rings. The lowest BCUT2D eigenvalue weighted by Gasteiger charge is -2.03. The second-order valence-electron chi connectivity index (χ2n) is 2.41. The second kappa shape index (κ2) is 5.44. The van der Waals surface area contributed by atoms with E-state index in [1.54, 1.807) is 6.08 Å². The van der Waals surface area contributed by atoms with Crippen molar-refractivity contribution < 1.29 is 0 Å². The third kappa shape index (κ3) is 3.63. The average molecular weight is 168 g/mol. The summed E-state index contributed by atoms with van der Waals surface area (Å²) in [5, 5.41) is 4.05. The topological polar surface area (TPSA) is 12.0 Å². The first-order valence-electron chi connectivity index (χ1n) is 3.89. The Kier molecular flexibility index (Phi) is 4.39. The molecular weight excluding hydrogens is 154 g/mol. The predicted octanol–water partition coefficient (Wildman–Crippen LogP) is 1.99. The van der Waals surface area contributed by atoms with Gasteiger partial charge in [-0.15, -0.1) is 11.8 Å². The van der Waals surface area contributed by atoms with Gasteiger partial charge in [-0.05, 0) is 13.3 Å². The van der Waals surface area contributed by atoms with Crippen LogP contribution in [0.5, 0.6) is 0 Å². The first-order valence-corrected chi connectivity index (χ1v) is 4.94. The van der Waals surface area contributed by atoms with Gasteiger partial charge < -0.3 is 5.32 Å². The third-order valence-electron chi connectivity index (χ3n) is 1.53. The van der Waals surface area contributed by atoms with Crippen LogP contribution in [0.4, 0.5) is 0 Å². The summed E-state index contributed by atoms with van der Waals surface area (Å²) in [6, 6.07) is 0. The molecule has 1 unspecified atom stereocenters. The van der Waals surface area contributed by atoms with Gasteiger partial charge in [0.2, 0.25) is 0 Å². The van der Waals surface area contributed by atoms with Gasteiger partial charge in [0, 0.05) is 12.3 Å². The lowest BCUT2D eigenvalue weighted by molar-refractivity contribution is 0.719. The third-order valence-corrected chi connectivity index (χ3v) is 2.73. The summed E-state index contributed by atoms with van der Waals surface area (Å²) in [4.78, 5) is 0. The SMILES string of the molecule is [CH2]/C=C/C=C/CC1NCCS1. The van der Waals surface area contributed by atoms with Crippen molar-refractivity contribution in [3.8, 4) is 0 Å². The maximum Gasteiger partial charge on any atom is 0.0567 e. The van der Waals surface area contributed by atoms with Crippen molar-refractivity contribution in [1.82, 2.24) is 5.32 Å². The average Bonchev–Trinajstić information content (AvgIpc) is 2.50. The van der Waals surface area contributed by atoms with Gasteiger partial charge >= 0.3 is 0 Å². The molecule has 1 nitrogen and oxygen atoms in total. The quantitative estimate of drug-likeness (QED) is 0.647. The largest absolute Gasteiger partial charge is 0.304 e. The molecule has 0 aromatic rings. The van der Waals surface area contributed by atoms with Crippen molar-refractivity contribution in [2.75, 3.05) is 12.3 Å². The van der Waals surface area contributed by atoms with E-state index in [1.165, 1.54) is 5.75 Å². The molecule has 1 rings (SSSR count). The Hall–Kier alpha value is -0.210. The molecule has 1 heterocycles. The number of nitrogens with one attached hydrogen (secondary N) is 1. The summed E-state index contributed by atoms with van der Waals surface area (Å²) in [5.41, 5.74) is 0. The Labute approximate surface area is 72.9 Å². The van der Waals surface area contributed by atoms with Crippen LogP contribution >= 0.6 is 11.8 Å². The highest BCUT2D eigenvalue weighted by Crippen LogP contribution is 2.16. The van der Waals surface area contributed by atoms with Crippen LogP contribution in [0.15, 0.2) is 24.3 Å². The van der Waals surface area contributed by atoms with Gasteiger partial charge in [0.1, 0.15) is 0 Å². The van der Waals surface area contributed by atoms with E-state index in [0.29, 0.717) is 5.37 Å². The molecule has 0 spiro atoms. The fraction of sp³-hybridized carbons (Fsp3) is 0.444. The number of hydrogen-bond donors (Lipinski definition) is 1. The predicted molar refractivity (Wildman–Crippen MR) is 52.5 cm³/mol. The van der Waals surface area contributed by atoms with E-state index >= 15 is 0 Å². The minimum Gasteiger partial charge on any atom is -0.304 e. The van der Waals surface area contributed by atoms with Gasteiger partial charge in [0.05, 0.1) is 5.37 Å². The zero-order valence-corrected chi connectivity index (χ0v) is 7.44. The Morgan fingerprint density at radius 3 is 3.09 bits per heavy atom. The van der Waals surface area contributed by atoms with Gasteiger partial charge in [-0.25, -0.2) is 0 Å². The molecule has 1 aliphatic heterocycles. The van der Waals surface area contributed by atoms with Crippen LogP contribution in [0.3, 0.4) is 0 Å². The molecule has 1 radical (unpaired) electrons. The Morgan fingerprint density at radius 2 is 2.45 bits per heavy atom. The minimum absolute atomic E-state index is 0.643. The van der Waals surface area contributed by atoms with E-state index in [1.807, 2.05) is 23.9 Å². The Bertz CT molecular complexity index is 146. The summed E-state index contributed by atoms with van der Waals surface area (Å²) < 4.78 is 0. The van der Waals surface area contributed by atoms with Crippen LogP contribution in [0.2, 0.25) is 0 Å². The molecule has 11 heavy (non-hydrogen) atoms. The molecule has 1 N–H and O–H groups in total. The van der Waals surface area contributed by atoms with Crippen molar-refractivity contribution in [3.63, 3.8) is 0 Å². The number of hydrogen-bond acceptors (Lipinski definition) is 2. The normalized spacial score (nSPS) is 25.7. The van der Waals surface area contributed by atoms with Crippen LogP contribution in [-0.4, -0.2) is 17.7 Å². The molecule has 0 aromatic heterocycles. The standard InChI is InChI=1S/C9H14NS/c1-2-3-4-5-6-9-10-7-8-11-9/h2-5,9-10H,1,6-8H2/b3-2+,5-4+. The van der Waals surface area contributed by atoms with Gasteiger partial charge in [0.15, 0.2) is 0 Å². The highest BCUT2D eigenvalue weighted by Gasteiger charge is 2.11. The molecule has 0 bridgehead atoms. The van der Waals surface area contributed by atoms with Crippen molar-refractivity contribution in [2.24, 2.45) is 0 Å². The number of thioether (sulfide) groups is 1. The molecule has 61 valence electrons. The summed E-state index contributed by atoms with van der Waals surface area (Å²) >= 11 is 2.00. The maximum absolute atomic E-state index is 3.60. The van der Waals surface area contributed by atoms with Crippen molar-refractivity contribution >= 4 is 11.8 Å². The highest BCUT2D eigenvalue weighted by atomic mass is 32.2. The molecule has 0 aromatic carbocycles. The van der Waals surface area contributed by atoms with E-state index in [-0.39, 0.29) is 0 Å². The maximum atomic E-state index is 3.60. The van der Waals surface area contributed by atoms with Crippen molar-refractivity contribution in [1.29, 1.82) is 0 Å². The first kappa shape index (κ1) is 8.88. The van der Waals surface area contributed by atoms with Crippen LogP contribution in [-0.2, 0) is 0 Å². The lowest BCUT2D eigenvalue weighted by atomic mass is 10.3. The summed E-state index contributed by atoms with van der Waals surface area (Å²) in [5.74, 6) is 1.25. The van der Waals surface area contributed by atoms with E-state index in [0.717, 1.165) is 13.0 Å². The van der Waals surface area contributed by atoms with Crippen molar-refractivity contribution in [2.45, 2.75) is 11.8 Å². The zero-order chi connectivity index (χ0) is 7.94. The molecule has 0 aliphatic carbocycles. The molecule has 1 saturated heterocycles. The zero-order valence-electron chi connectivity index (χ0n) is 6.62. The number of allylic oxidation sites excluding steroid dienone is 3. The van der Waals surface area contributed by atoms with Gasteiger partial charge in [-0.1, -0.05) is 24.3 Å². The molecule has 1 aliphatic rings. The monoisotopic (exact) mass is 168 g/mol. The Morgan fingerprint density at radius 1 is 1.55 bits per heavy atom. The second-order valence-corrected chi connectivity index (χ2v) is 3.72. The summed E-state index contributed by atoms with van der Waals surface area (Å²) in [7, 11) is 0. The molecular formula is C9H14NS. The molecule has 0 saturated carbocycles. The fourth-order valence-electron chi connectivity index (χ4n) is 0.991. The van der Waals surface area contributed by atoms with E-state index in [9.17, 15) is 0 Å². The van der Waals surface area contributed by atoms with E-state index in [2.05, 4.69) is 18.3 Å². The highest BCUT2D eigenvalue weighted by molar-refractivity contribution is 8.00.